The average Bonchev–Trinajstić information content (AvgIpc) is 3.72. The number of unbranched alkanes of at least 4 members (excludes halogenated alkanes) is 3. The maximum atomic E-state index is 13.5. The fraction of sp³-hybridized carbons (Fsp3) is 0.641. The van der Waals surface area contributed by atoms with E-state index in [1.165, 1.54) is 13.3 Å². The number of carbonyl (C=O) groups excluding carboxylic acids is 2. The van der Waals surface area contributed by atoms with Gasteiger partial charge in [0.25, 0.3) is 5.56 Å². The van der Waals surface area contributed by atoms with Crippen LogP contribution in [0.2, 0.25) is 0 Å². The lowest BCUT2D eigenvalue weighted by Crippen LogP contribution is -2.46. The maximum Gasteiger partial charge on any atom is 0.263 e. The summed E-state index contributed by atoms with van der Waals surface area (Å²) in [7, 11) is 0. The Kier molecular flexibility index (Phi) is 17.4. The second-order valence-corrected chi connectivity index (χ2v) is 13.6. The summed E-state index contributed by atoms with van der Waals surface area (Å²) in [6.45, 7) is 12.9. The largest absolute Gasteiger partial charge is 0.368 e. The molecule has 1 atom stereocenters. The van der Waals surface area contributed by atoms with Crippen molar-refractivity contribution >= 4 is 51.8 Å². The quantitative estimate of drug-likeness (QED) is 0.0754. The molecule has 53 heavy (non-hydrogen) atoms. The molecule has 2 saturated heterocycles. The molecule has 0 aromatic carbocycles. The molecule has 0 radical (unpaired) electrons. The number of carbonyl (C=O) groups is 2. The van der Waals surface area contributed by atoms with Gasteiger partial charge in [-0.3, -0.25) is 23.9 Å². The van der Waals surface area contributed by atoms with E-state index in [-0.39, 0.29) is 35.1 Å². The number of ether oxygens (including phenoxy) is 1. The molecule has 2 aliphatic heterocycles. The SMILES string of the molecule is CC.CC(=O)c1c(C)c2cnc(Nc3ccc(N4CCN(CCCCCCC(=O)NOC5CCCCO5)CC4)cn3)nc2n(C2CCCC2)c1=O.CCl. The van der Waals surface area contributed by atoms with Crippen LogP contribution in [0.1, 0.15) is 120 Å². The molecule has 3 fully saturated rings. The van der Waals surface area contributed by atoms with Gasteiger partial charge < -0.3 is 15.0 Å². The van der Waals surface area contributed by atoms with Gasteiger partial charge in [-0.2, -0.15) is 4.98 Å². The van der Waals surface area contributed by atoms with Gasteiger partial charge in [-0.15, -0.1) is 11.6 Å². The predicted molar refractivity (Wildman–Crippen MR) is 211 cm³/mol. The Morgan fingerprint density at radius 2 is 1.66 bits per heavy atom. The standard InChI is InChI=1S/C36H50N8O5.C2H6.CH3Cl/c1-25-29-24-38-36(40-34(29)44(27-11-6-7-12-27)35(47)33(25)26(2)45)39-30-16-15-28(23-37-30)43-20-18-42(19-21-43)17-9-4-3-5-13-31(46)41-49-32-14-8-10-22-48-32;2*1-2/h15-16,23-24,27,32H,3-14,17-22H2,1-2H3,(H,41,46)(H,37,38,39,40);1-2H3;1H3. The highest BCUT2D eigenvalue weighted by Gasteiger charge is 2.26. The lowest BCUT2D eigenvalue weighted by Gasteiger charge is -2.36. The van der Waals surface area contributed by atoms with Gasteiger partial charge in [-0.05, 0) is 76.6 Å². The second kappa shape index (κ2) is 21.9. The van der Waals surface area contributed by atoms with Crippen molar-refractivity contribution in [2.45, 2.75) is 117 Å². The van der Waals surface area contributed by atoms with Crippen molar-refractivity contribution in [1.29, 1.82) is 0 Å². The molecule has 1 aliphatic carbocycles. The van der Waals surface area contributed by atoms with E-state index in [0.717, 1.165) is 114 Å². The van der Waals surface area contributed by atoms with E-state index in [9.17, 15) is 14.4 Å². The molecule has 3 aromatic heterocycles. The lowest BCUT2D eigenvalue weighted by atomic mass is 10.0. The van der Waals surface area contributed by atoms with E-state index in [1.807, 2.05) is 26.1 Å². The third kappa shape index (κ3) is 11.7. The van der Waals surface area contributed by atoms with Crippen molar-refractivity contribution in [3.8, 4) is 0 Å². The molecule has 0 bridgehead atoms. The zero-order chi connectivity index (χ0) is 38.2. The molecule has 3 aliphatic rings. The number of amides is 1. The van der Waals surface area contributed by atoms with Gasteiger partial charge >= 0.3 is 0 Å². The van der Waals surface area contributed by atoms with Gasteiger partial charge in [0.15, 0.2) is 12.1 Å². The van der Waals surface area contributed by atoms with Crippen LogP contribution in [0.25, 0.3) is 11.0 Å². The van der Waals surface area contributed by atoms with Crippen molar-refractivity contribution in [1.82, 2.24) is 29.9 Å². The molecule has 3 aromatic rings. The van der Waals surface area contributed by atoms with E-state index >= 15 is 0 Å². The number of rotatable bonds is 14. The lowest BCUT2D eigenvalue weighted by molar-refractivity contribution is -0.200. The minimum atomic E-state index is -0.304. The first-order valence-electron chi connectivity index (χ1n) is 19.4. The van der Waals surface area contributed by atoms with Crippen LogP contribution in [0.15, 0.2) is 29.3 Å². The Labute approximate surface area is 319 Å². The number of hydrogen-bond donors (Lipinski definition) is 2. The molecule has 292 valence electrons. The van der Waals surface area contributed by atoms with E-state index < -0.39 is 0 Å². The zero-order valence-electron chi connectivity index (χ0n) is 32.3. The predicted octanol–water partition coefficient (Wildman–Crippen LogP) is 7.08. The van der Waals surface area contributed by atoms with Crippen molar-refractivity contribution in [3.05, 3.63) is 46.0 Å². The first-order chi connectivity index (χ1) is 25.9. The molecule has 0 spiro atoms. The first kappa shape index (κ1) is 42.1. The number of anilines is 3. The summed E-state index contributed by atoms with van der Waals surface area (Å²) < 4.78 is 7.19. The molecular weight excluding hydrogens is 696 g/mol. The number of hydroxylamine groups is 1. The third-order valence-corrected chi connectivity index (χ3v) is 10.0. The van der Waals surface area contributed by atoms with Gasteiger partial charge in [-0.25, -0.2) is 20.3 Å². The number of piperazine rings is 1. The number of aromatic nitrogens is 4. The van der Waals surface area contributed by atoms with Gasteiger partial charge in [0, 0.05) is 69.6 Å². The topological polar surface area (TPSA) is 144 Å². The molecule has 1 amide bonds. The summed E-state index contributed by atoms with van der Waals surface area (Å²) in [6, 6.07) is 4.02. The molecule has 14 heteroatoms. The molecule has 13 nitrogen and oxygen atoms in total. The van der Waals surface area contributed by atoms with Crippen molar-refractivity contribution in [3.63, 3.8) is 0 Å². The Morgan fingerprint density at radius 3 is 2.32 bits per heavy atom. The summed E-state index contributed by atoms with van der Waals surface area (Å²) in [5, 5.41) is 3.94. The number of fused-ring (bicyclic) bond motifs is 1. The van der Waals surface area contributed by atoms with Crippen molar-refractivity contribution in [2.24, 2.45) is 0 Å². The summed E-state index contributed by atoms with van der Waals surface area (Å²) in [4.78, 5) is 62.1. The Balaban J connectivity index is 0.00000152. The van der Waals surface area contributed by atoms with Crippen LogP contribution in [0.4, 0.5) is 17.5 Å². The maximum absolute atomic E-state index is 13.5. The highest BCUT2D eigenvalue weighted by atomic mass is 35.5. The molecule has 2 N–H and O–H groups in total. The molecule has 1 saturated carbocycles. The van der Waals surface area contributed by atoms with Crippen molar-refractivity contribution < 1.29 is 19.2 Å². The highest BCUT2D eigenvalue weighted by molar-refractivity contribution is 6.15. The van der Waals surface area contributed by atoms with E-state index in [4.69, 9.17) is 14.6 Å². The van der Waals surface area contributed by atoms with Crippen LogP contribution >= 0.6 is 11.6 Å². The monoisotopic (exact) mass is 754 g/mol. The smallest absolute Gasteiger partial charge is 0.263 e. The molecule has 5 heterocycles. The van der Waals surface area contributed by atoms with Crippen LogP contribution < -0.4 is 21.3 Å². The van der Waals surface area contributed by atoms with Gasteiger partial charge in [0.2, 0.25) is 11.9 Å². The number of Topliss-reactive ketones (excluding diaryl/α,β-unsaturated/α-hetero) is 1. The van der Waals surface area contributed by atoms with Crippen LogP contribution in [-0.2, 0) is 14.4 Å². The normalized spacial score (nSPS) is 17.8. The summed E-state index contributed by atoms with van der Waals surface area (Å²) >= 11 is 4.64. The summed E-state index contributed by atoms with van der Waals surface area (Å²) in [5.74, 6) is 0.685. The number of pyridine rings is 2. The highest BCUT2D eigenvalue weighted by Crippen LogP contribution is 2.32. The summed E-state index contributed by atoms with van der Waals surface area (Å²) in [6.07, 6.45) is 16.2. The van der Waals surface area contributed by atoms with Gasteiger partial charge in [-0.1, -0.05) is 39.5 Å². The van der Waals surface area contributed by atoms with Crippen LogP contribution in [0.3, 0.4) is 0 Å². The van der Waals surface area contributed by atoms with Crippen LogP contribution in [0.5, 0.6) is 0 Å². The van der Waals surface area contributed by atoms with Gasteiger partial charge in [0.1, 0.15) is 11.5 Å². The molecular formula is C39H59ClN8O5. The number of alkyl halides is 1. The Bertz CT molecular complexity index is 1650. The van der Waals surface area contributed by atoms with Crippen LogP contribution in [-0.4, -0.2) is 88.1 Å². The number of nitrogens with one attached hydrogen (secondary N) is 2. The zero-order valence-corrected chi connectivity index (χ0v) is 33.1. The number of ketones is 1. The number of halogens is 1. The van der Waals surface area contributed by atoms with E-state index in [0.29, 0.717) is 36.0 Å². The van der Waals surface area contributed by atoms with E-state index in [1.54, 1.807) is 17.7 Å². The van der Waals surface area contributed by atoms with Gasteiger partial charge in [0.05, 0.1) is 17.4 Å². The van der Waals surface area contributed by atoms with Crippen LogP contribution in [0, 0.1) is 6.92 Å². The van der Waals surface area contributed by atoms with E-state index in [2.05, 4.69) is 48.2 Å². The Hall–Kier alpha value is -3.65. The number of nitrogens with zero attached hydrogens (tertiary/aromatic N) is 6. The molecule has 1 unspecified atom stereocenters. The fourth-order valence-corrected chi connectivity index (χ4v) is 7.26. The third-order valence-electron chi connectivity index (χ3n) is 10.0. The Morgan fingerprint density at radius 1 is 0.943 bits per heavy atom. The number of aryl methyl sites for hydroxylation is 1. The average molecular weight is 755 g/mol. The van der Waals surface area contributed by atoms with Crippen molar-refractivity contribution in [2.75, 3.05) is 55.9 Å². The fourth-order valence-electron chi connectivity index (χ4n) is 7.26. The minimum absolute atomic E-state index is 0.0294. The number of hydrogen-bond acceptors (Lipinski definition) is 11. The second-order valence-electron chi connectivity index (χ2n) is 13.6. The first-order valence-corrected chi connectivity index (χ1v) is 20.2. The summed E-state index contributed by atoms with van der Waals surface area (Å²) in [5.41, 5.74) is 4.77. The minimum Gasteiger partial charge on any atom is -0.368 e. The molecule has 6 rings (SSSR count).